The van der Waals surface area contributed by atoms with E-state index in [-0.39, 0.29) is 18.0 Å². The lowest BCUT2D eigenvalue weighted by atomic mass is 10.0. The van der Waals surface area contributed by atoms with E-state index in [9.17, 15) is 8.78 Å². The zero-order chi connectivity index (χ0) is 15.2. The number of nitrogens with one attached hydrogen (secondary N) is 1. The van der Waals surface area contributed by atoms with Crippen LogP contribution < -0.4 is 11.3 Å². The molecule has 0 saturated heterocycles. The van der Waals surface area contributed by atoms with Crippen molar-refractivity contribution >= 4 is 0 Å². The Balaban J connectivity index is 2.09. The highest BCUT2D eigenvalue weighted by Gasteiger charge is 2.15. The van der Waals surface area contributed by atoms with E-state index in [0.717, 1.165) is 17.7 Å². The van der Waals surface area contributed by atoms with Gasteiger partial charge in [-0.05, 0) is 36.6 Å². The maximum Gasteiger partial charge on any atom is 0.129 e. The van der Waals surface area contributed by atoms with E-state index in [0.29, 0.717) is 6.42 Å². The first kappa shape index (κ1) is 15.5. The van der Waals surface area contributed by atoms with Gasteiger partial charge in [0.2, 0.25) is 0 Å². The van der Waals surface area contributed by atoms with Gasteiger partial charge in [-0.25, -0.2) is 8.78 Å². The van der Waals surface area contributed by atoms with Crippen molar-refractivity contribution in [2.45, 2.75) is 32.2 Å². The lowest BCUT2D eigenvalue weighted by Crippen LogP contribution is -2.39. The van der Waals surface area contributed by atoms with E-state index in [2.05, 4.69) is 17.3 Å². The predicted molar refractivity (Wildman–Crippen MR) is 78.5 cm³/mol. The Hall–Kier alpha value is -1.85. The number of rotatable bonds is 6. The molecule has 0 aliphatic heterocycles. The fraction of sp³-hybridized carbons (Fsp3) is 0.312. The first-order valence-corrected chi connectivity index (χ1v) is 6.96. The van der Waals surface area contributed by atoms with Crippen molar-refractivity contribution in [3.05, 3.63) is 65.0 Å². The monoisotopic (exact) mass is 291 g/mol. The molecule has 2 aromatic rings. The van der Waals surface area contributed by atoms with E-state index in [1.54, 1.807) is 0 Å². The van der Waals surface area contributed by atoms with E-state index < -0.39 is 11.6 Å². The van der Waals surface area contributed by atoms with Crippen molar-refractivity contribution in [3.8, 4) is 0 Å². The molecule has 3 N–H and O–H groups in total. The van der Waals surface area contributed by atoms with Gasteiger partial charge in [0.25, 0.3) is 0 Å². The molecular formula is C16H19F2N3. The van der Waals surface area contributed by atoms with Gasteiger partial charge in [-0.3, -0.25) is 16.3 Å². The Morgan fingerprint density at radius 1 is 1.14 bits per heavy atom. The van der Waals surface area contributed by atoms with E-state index in [1.165, 1.54) is 18.2 Å². The minimum absolute atomic E-state index is 0.0469. The van der Waals surface area contributed by atoms with Crippen LogP contribution in [0.5, 0.6) is 0 Å². The van der Waals surface area contributed by atoms with Crippen molar-refractivity contribution in [1.29, 1.82) is 0 Å². The van der Waals surface area contributed by atoms with Crippen molar-refractivity contribution in [2.75, 3.05) is 0 Å². The fourth-order valence-electron chi connectivity index (χ4n) is 2.20. The normalized spacial score (nSPS) is 12.4. The van der Waals surface area contributed by atoms with Gasteiger partial charge in [-0.15, -0.1) is 0 Å². The van der Waals surface area contributed by atoms with Crippen molar-refractivity contribution in [2.24, 2.45) is 5.84 Å². The molecule has 0 saturated carbocycles. The summed E-state index contributed by atoms with van der Waals surface area (Å²) in [4.78, 5) is 4.34. The summed E-state index contributed by atoms with van der Waals surface area (Å²) < 4.78 is 27.3. The number of aromatic nitrogens is 1. The second-order valence-corrected chi connectivity index (χ2v) is 4.98. The molecule has 2 rings (SSSR count). The number of hydrogen-bond acceptors (Lipinski definition) is 3. The van der Waals surface area contributed by atoms with Crippen LogP contribution in [0.25, 0.3) is 0 Å². The van der Waals surface area contributed by atoms with Gasteiger partial charge in [0, 0.05) is 29.9 Å². The summed E-state index contributed by atoms with van der Waals surface area (Å²) in [5, 5.41) is 0. The van der Waals surface area contributed by atoms with Gasteiger partial charge in [0.1, 0.15) is 11.6 Å². The van der Waals surface area contributed by atoms with Gasteiger partial charge in [0.05, 0.1) is 0 Å². The maximum absolute atomic E-state index is 13.7. The summed E-state index contributed by atoms with van der Waals surface area (Å²) in [5.41, 5.74) is 4.64. The molecule has 1 unspecified atom stereocenters. The summed E-state index contributed by atoms with van der Waals surface area (Å²) in [6, 6.07) is 7.49. The quantitative estimate of drug-likeness (QED) is 0.635. The van der Waals surface area contributed by atoms with Crippen molar-refractivity contribution < 1.29 is 8.78 Å². The van der Waals surface area contributed by atoms with Crippen LogP contribution in [0.1, 0.15) is 23.7 Å². The van der Waals surface area contributed by atoms with Crippen LogP contribution in [0.3, 0.4) is 0 Å². The number of benzene rings is 1. The Morgan fingerprint density at radius 2 is 1.86 bits per heavy atom. The molecule has 3 nitrogen and oxygen atoms in total. The molecule has 0 aliphatic rings. The van der Waals surface area contributed by atoms with Crippen molar-refractivity contribution in [3.63, 3.8) is 0 Å². The molecule has 1 heterocycles. The van der Waals surface area contributed by atoms with Gasteiger partial charge in [-0.1, -0.05) is 19.1 Å². The van der Waals surface area contributed by atoms with E-state index in [1.807, 2.05) is 18.3 Å². The lowest BCUT2D eigenvalue weighted by molar-refractivity contribution is 0.481. The average Bonchev–Trinajstić information content (AvgIpc) is 2.50. The fourth-order valence-corrected chi connectivity index (χ4v) is 2.20. The van der Waals surface area contributed by atoms with Crippen molar-refractivity contribution in [1.82, 2.24) is 10.4 Å². The van der Waals surface area contributed by atoms with Crippen LogP contribution in [0.4, 0.5) is 8.78 Å². The Kier molecular flexibility index (Phi) is 5.36. The second kappa shape index (κ2) is 7.24. The van der Waals surface area contributed by atoms with E-state index in [4.69, 9.17) is 5.84 Å². The topological polar surface area (TPSA) is 50.9 Å². The Labute approximate surface area is 123 Å². The van der Waals surface area contributed by atoms with Crippen LogP contribution in [0, 0.1) is 11.6 Å². The zero-order valence-electron chi connectivity index (χ0n) is 11.9. The van der Waals surface area contributed by atoms with Gasteiger partial charge in [-0.2, -0.15) is 0 Å². The molecule has 21 heavy (non-hydrogen) atoms. The van der Waals surface area contributed by atoms with Crippen LogP contribution >= 0.6 is 0 Å². The number of hydrogen-bond donors (Lipinski definition) is 2. The van der Waals surface area contributed by atoms with Gasteiger partial charge < -0.3 is 0 Å². The highest BCUT2D eigenvalue weighted by molar-refractivity contribution is 5.22. The highest BCUT2D eigenvalue weighted by atomic mass is 19.1. The standard InChI is InChI=1S/C16H19F2N3/c1-2-11-6-7-12(20-10-11)8-13(21-19)9-14-15(17)4-3-5-16(14)18/h3-7,10,13,21H,2,8-9,19H2,1H3. The minimum atomic E-state index is -0.551. The molecule has 0 radical (unpaired) electrons. The smallest absolute Gasteiger partial charge is 0.129 e. The summed E-state index contributed by atoms with van der Waals surface area (Å²) in [6.07, 6.45) is 3.42. The largest absolute Gasteiger partial charge is 0.271 e. The molecule has 112 valence electrons. The minimum Gasteiger partial charge on any atom is -0.271 e. The molecule has 5 heteroatoms. The summed E-state index contributed by atoms with van der Waals surface area (Å²) in [5.74, 6) is 4.40. The molecular weight excluding hydrogens is 272 g/mol. The molecule has 0 aliphatic carbocycles. The van der Waals surface area contributed by atoms with Crippen LogP contribution in [-0.4, -0.2) is 11.0 Å². The molecule has 1 aromatic heterocycles. The average molecular weight is 291 g/mol. The van der Waals surface area contributed by atoms with Crippen LogP contribution in [-0.2, 0) is 19.3 Å². The molecule has 0 fully saturated rings. The van der Waals surface area contributed by atoms with Gasteiger partial charge >= 0.3 is 0 Å². The third kappa shape index (κ3) is 4.06. The number of aryl methyl sites for hydroxylation is 1. The molecule has 0 bridgehead atoms. The predicted octanol–water partition coefficient (Wildman–Crippen LogP) is 2.54. The van der Waals surface area contributed by atoms with Gasteiger partial charge in [0.15, 0.2) is 0 Å². The maximum atomic E-state index is 13.7. The number of halogens is 2. The number of hydrazine groups is 1. The SMILES string of the molecule is CCc1ccc(CC(Cc2c(F)cccc2F)NN)nc1. The highest BCUT2D eigenvalue weighted by Crippen LogP contribution is 2.15. The molecule has 0 spiro atoms. The summed E-state index contributed by atoms with van der Waals surface area (Å²) in [7, 11) is 0. The van der Waals surface area contributed by atoms with Crippen LogP contribution in [0.2, 0.25) is 0 Å². The summed E-state index contributed by atoms with van der Waals surface area (Å²) >= 11 is 0. The van der Waals surface area contributed by atoms with Crippen LogP contribution in [0.15, 0.2) is 36.5 Å². The third-order valence-corrected chi connectivity index (χ3v) is 3.50. The molecule has 1 atom stereocenters. The molecule has 0 amide bonds. The first-order valence-electron chi connectivity index (χ1n) is 6.96. The Morgan fingerprint density at radius 3 is 2.38 bits per heavy atom. The first-order chi connectivity index (χ1) is 10.1. The lowest BCUT2D eigenvalue weighted by Gasteiger charge is -2.16. The summed E-state index contributed by atoms with van der Waals surface area (Å²) in [6.45, 7) is 2.06. The third-order valence-electron chi connectivity index (χ3n) is 3.50. The van der Waals surface area contributed by atoms with E-state index >= 15 is 0 Å². The zero-order valence-corrected chi connectivity index (χ0v) is 11.9. The molecule has 1 aromatic carbocycles. The second-order valence-electron chi connectivity index (χ2n) is 4.98. The number of nitrogens with two attached hydrogens (primary N) is 1. The Bertz CT molecular complexity index is 564. The number of nitrogens with zero attached hydrogens (tertiary/aromatic N) is 1. The number of pyridine rings is 1.